The lowest BCUT2D eigenvalue weighted by atomic mass is 10.1. The zero-order valence-corrected chi connectivity index (χ0v) is 11.2. The third-order valence-corrected chi connectivity index (χ3v) is 3.02. The molecule has 0 unspecified atom stereocenters. The summed E-state index contributed by atoms with van der Waals surface area (Å²) in [7, 11) is 1.66. The first-order chi connectivity index (χ1) is 8.21. The average molecular weight is 236 g/mol. The van der Waals surface area contributed by atoms with Crippen LogP contribution in [0.5, 0.6) is 5.75 Å². The summed E-state index contributed by atoms with van der Waals surface area (Å²) in [5, 5.41) is 0. The molecule has 0 radical (unpaired) electrons. The molecule has 96 valence electrons. The molecule has 0 aliphatic rings. The van der Waals surface area contributed by atoms with E-state index in [4.69, 9.17) is 10.5 Å². The quantitative estimate of drug-likeness (QED) is 0.740. The Morgan fingerprint density at radius 1 is 1.29 bits per heavy atom. The predicted molar refractivity (Wildman–Crippen MR) is 73.3 cm³/mol. The van der Waals surface area contributed by atoms with E-state index in [2.05, 4.69) is 24.8 Å². The van der Waals surface area contributed by atoms with Crippen LogP contribution in [0.1, 0.15) is 32.3 Å². The van der Waals surface area contributed by atoms with Gasteiger partial charge in [-0.05, 0) is 31.1 Å². The maximum absolute atomic E-state index is 6.02. The van der Waals surface area contributed by atoms with Crippen molar-refractivity contribution in [2.75, 3.05) is 25.9 Å². The second kappa shape index (κ2) is 7.17. The molecule has 0 amide bonds. The van der Waals surface area contributed by atoms with Gasteiger partial charge in [0.1, 0.15) is 5.75 Å². The number of nitrogens with zero attached hydrogens (tertiary/aromatic N) is 1. The highest BCUT2D eigenvalue weighted by Crippen LogP contribution is 2.21. The molecule has 3 nitrogen and oxygen atoms in total. The molecular weight excluding hydrogens is 212 g/mol. The standard InChI is InChI=1S/C14H24N2O/c1-4-6-9-16(5-2)11-12-7-8-13(17-3)10-14(12)15/h7-8,10H,4-6,9,11,15H2,1-3H3. The van der Waals surface area contributed by atoms with Gasteiger partial charge in [-0.1, -0.05) is 26.3 Å². The van der Waals surface area contributed by atoms with Crippen LogP contribution < -0.4 is 10.5 Å². The summed E-state index contributed by atoms with van der Waals surface area (Å²) >= 11 is 0. The Balaban J connectivity index is 2.65. The number of anilines is 1. The Labute approximate surface area is 105 Å². The number of hydrogen-bond acceptors (Lipinski definition) is 3. The highest BCUT2D eigenvalue weighted by atomic mass is 16.5. The molecule has 0 atom stereocenters. The van der Waals surface area contributed by atoms with Crippen LogP contribution in [0.3, 0.4) is 0 Å². The summed E-state index contributed by atoms with van der Waals surface area (Å²) in [6.45, 7) is 7.53. The van der Waals surface area contributed by atoms with E-state index in [1.165, 1.54) is 18.4 Å². The van der Waals surface area contributed by atoms with E-state index in [0.717, 1.165) is 31.1 Å². The molecule has 17 heavy (non-hydrogen) atoms. The summed E-state index contributed by atoms with van der Waals surface area (Å²) in [5.74, 6) is 0.822. The summed E-state index contributed by atoms with van der Waals surface area (Å²) in [6, 6.07) is 5.92. The molecule has 0 bridgehead atoms. The lowest BCUT2D eigenvalue weighted by Gasteiger charge is -2.21. The van der Waals surface area contributed by atoms with Crippen LogP contribution in [-0.4, -0.2) is 25.1 Å². The van der Waals surface area contributed by atoms with Crippen molar-refractivity contribution in [3.8, 4) is 5.75 Å². The molecule has 0 aromatic heterocycles. The van der Waals surface area contributed by atoms with Gasteiger partial charge in [-0.3, -0.25) is 4.90 Å². The predicted octanol–water partition coefficient (Wildman–Crippen LogP) is 2.90. The highest BCUT2D eigenvalue weighted by molar-refractivity contribution is 5.51. The van der Waals surface area contributed by atoms with Crippen molar-refractivity contribution in [2.45, 2.75) is 33.2 Å². The second-order valence-electron chi connectivity index (χ2n) is 4.29. The van der Waals surface area contributed by atoms with E-state index in [-0.39, 0.29) is 0 Å². The van der Waals surface area contributed by atoms with Crippen LogP contribution in [-0.2, 0) is 6.54 Å². The zero-order chi connectivity index (χ0) is 12.7. The van der Waals surface area contributed by atoms with Crippen molar-refractivity contribution in [3.05, 3.63) is 23.8 Å². The van der Waals surface area contributed by atoms with Crippen molar-refractivity contribution < 1.29 is 4.74 Å². The highest BCUT2D eigenvalue weighted by Gasteiger charge is 2.06. The van der Waals surface area contributed by atoms with Crippen LogP contribution in [0.15, 0.2) is 18.2 Å². The van der Waals surface area contributed by atoms with Gasteiger partial charge >= 0.3 is 0 Å². The molecule has 0 aliphatic heterocycles. The SMILES string of the molecule is CCCCN(CC)Cc1ccc(OC)cc1N. The van der Waals surface area contributed by atoms with Gasteiger partial charge in [0.2, 0.25) is 0 Å². The third-order valence-electron chi connectivity index (χ3n) is 3.02. The van der Waals surface area contributed by atoms with E-state index >= 15 is 0 Å². The average Bonchev–Trinajstić information content (AvgIpc) is 2.36. The Morgan fingerprint density at radius 3 is 2.59 bits per heavy atom. The van der Waals surface area contributed by atoms with Crippen molar-refractivity contribution in [2.24, 2.45) is 0 Å². The lowest BCUT2D eigenvalue weighted by molar-refractivity contribution is 0.276. The van der Waals surface area contributed by atoms with Crippen LogP contribution >= 0.6 is 0 Å². The molecule has 2 N–H and O–H groups in total. The van der Waals surface area contributed by atoms with Crippen LogP contribution in [0.4, 0.5) is 5.69 Å². The molecule has 0 heterocycles. The number of hydrogen-bond donors (Lipinski definition) is 1. The summed E-state index contributed by atoms with van der Waals surface area (Å²) < 4.78 is 5.15. The van der Waals surface area contributed by atoms with Gasteiger partial charge in [0.25, 0.3) is 0 Å². The minimum atomic E-state index is 0.819. The Morgan fingerprint density at radius 2 is 2.06 bits per heavy atom. The van der Waals surface area contributed by atoms with Gasteiger partial charge in [-0.2, -0.15) is 0 Å². The first-order valence-corrected chi connectivity index (χ1v) is 6.36. The largest absolute Gasteiger partial charge is 0.497 e. The zero-order valence-electron chi connectivity index (χ0n) is 11.2. The van der Waals surface area contributed by atoms with Crippen LogP contribution in [0.25, 0.3) is 0 Å². The van der Waals surface area contributed by atoms with Crippen LogP contribution in [0.2, 0.25) is 0 Å². The normalized spacial score (nSPS) is 10.8. The Bertz CT molecular complexity index is 339. The van der Waals surface area contributed by atoms with Crippen molar-refractivity contribution in [3.63, 3.8) is 0 Å². The van der Waals surface area contributed by atoms with Gasteiger partial charge in [-0.25, -0.2) is 0 Å². The molecule has 0 saturated heterocycles. The molecule has 0 saturated carbocycles. The van der Waals surface area contributed by atoms with Gasteiger partial charge in [0.05, 0.1) is 7.11 Å². The van der Waals surface area contributed by atoms with Gasteiger partial charge in [-0.15, -0.1) is 0 Å². The second-order valence-corrected chi connectivity index (χ2v) is 4.29. The topological polar surface area (TPSA) is 38.5 Å². The number of ether oxygens (including phenoxy) is 1. The van der Waals surface area contributed by atoms with E-state index in [0.29, 0.717) is 0 Å². The summed E-state index contributed by atoms with van der Waals surface area (Å²) in [6.07, 6.45) is 2.47. The smallest absolute Gasteiger partial charge is 0.120 e. The van der Waals surface area contributed by atoms with E-state index in [1.807, 2.05) is 12.1 Å². The molecule has 0 aliphatic carbocycles. The first kappa shape index (κ1) is 13.8. The molecule has 0 spiro atoms. The minimum Gasteiger partial charge on any atom is -0.497 e. The molecule has 1 aromatic carbocycles. The Hall–Kier alpha value is -1.22. The maximum Gasteiger partial charge on any atom is 0.120 e. The van der Waals surface area contributed by atoms with Gasteiger partial charge < -0.3 is 10.5 Å². The third kappa shape index (κ3) is 4.27. The van der Waals surface area contributed by atoms with Crippen molar-refractivity contribution in [1.82, 2.24) is 4.90 Å². The van der Waals surface area contributed by atoms with E-state index in [1.54, 1.807) is 7.11 Å². The van der Waals surface area contributed by atoms with Gasteiger partial charge in [0, 0.05) is 18.3 Å². The van der Waals surface area contributed by atoms with Crippen LogP contribution in [0, 0.1) is 0 Å². The Kier molecular flexibility index (Phi) is 5.84. The monoisotopic (exact) mass is 236 g/mol. The molecule has 0 fully saturated rings. The molecule has 1 aromatic rings. The minimum absolute atomic E-state index is 0.819. The molecule has 3 heteroatoms. The number of unbranched alkanes of at least 4 members (excludes halogenated alkanes) is 1. The maximum atomic E-state index is 6.02. The van der Waals surface area contributed by atoms with Crippen molar-refractivity contribution in [1.29, 1.82) is 0 Å². The fourth-order valence-electron chi connectivity index (χ4n) is 1.82. The number of benzene rings is 1. The van der Waals surface area contributed by atoms with Gasteiger partial charge in [0.15, 0.2) is 0 Å². The van der Waals surface area contributed by atoms with Crippen molar-refractivity contribution >= 4 is 5.69 Å². The lowest BCUT2D eigenvalue weighted by Crippen LogP contribution is -2.24. The number of methoxy groups -OCH3 is 1. The molecular formula is C14H24N2O. The van der Waals surface area contributed by atoms with E-state index < -0.39 is 0 Å². The first-order valence-electron chi connectivity index (χ1n) is 6.36. The molecule has 1 rings (SSSR count). The summed E-state index contributed by atoms with van der Waals surface area (Å²) in [5.41, 5.74) is 8.02. The number of nitrogen functional groups attached to an aromatic ring is 1. The fraction of sp³-hybridized carbons (Fsp3) is 0.571. The number of rotatable bonds is 7. The number of nitrogens with two attached hydrogens (primary N) is 1. The fourth-order valence-corrected chi connectivity index (χ4v) is 1.82. The summed E-state index contributed by atoms with van der Waals surface area (Å²) in [4.78, 5) is 2.42. The van der Waals surface area contributed by atoms with E-state index in [9.17, 15) is 0 Å².